The highest BCUT2D eigenvalue weighted by Crippen LogP contribution is 2.30. The molecule has 0 saturated carbocycles. The van der Waals surface area contributed by atoms with Crippen LogP contribution >= 0.6 is 0 Å². The van der Waals surface area contributed by atoms with Crippen LogP contribution in [0.5, 0.6) is 0 Å². The van der Waals surface area contributed by atoms with Crippen LogP contribution in [0.1, 0.15) is 40.0 Å². The van der Waals surface area contributed by atoms with Gasteiger partial charge in [-0.3, -0.25) is 14.9 Å². The Balaban J connectivity index is 2.16. The molecule has 0 saturated heterocycles. The van der Waals surface area contributed by atoms with Crippen molar-refractivity contribution in [1.29, 1.82) is 0 Å². The van der Waals surface area contributed by atoms with Crippen molar-refractivity contribution in [2.45, 2.75) is 33.1 Å². The maximum absolute atomic E-state index is 11.9. The number of carbonyl (C=O) groups excluding carboxylic acids is 1. The van der Waals surface area contributed by atoms with E-state index in [1.54, 1.807) is 13.0 Å². The summed E-state index contributed by atoms with van der Waals surface area (Å²) in [5.74, 6) is 0.186. The second-order valence-corrected chi connectivity index (χ2v) is 5.51. The molecule has 2 aromatic rings. The van der Waals surface area contributed by atoms with Crippen molar-refractivity contribution >= 4 is 11.5 Å². The summed E-state index contributed by atoms with van der Waals surface area (Å²) in [6, 6.07) is 5.28. The molecule has 1 aromatic heterocycles. The first kappa shape index (κ1) is 13.5. The molecule has 0 atom stereocenters. The van der Waals surface area contributed by atoms with Crippen LogP contribution in [0.4, 0.5) is 5.69 Å². The molecule has 21 heavy (non-hydrogen) atoms. The number of carbonyl (C=O) groups is 1. The Kier molecular flexibility index (Phi) is 3.12. The third-order valence-electron chi connectivity index (χ3n) is 4.08. The molecule has 0 spiro atoms. The Labute approximate surface area is 122 Å². The fourth-order valence-corrected chi connectivity index (χ4v) is 2.99. The van der Waals surface area contributed by atoms with Gasteiger partial charge in [-0.05, 0) is 44.4 Å². The van der Waals surface area contributed by atoms with Crippen molar-refractivity contribution in [3.8, 4) is 5.69 Å². The Hall–Kier alpha value is -2.43. The van der Waals surface area contributed by atoms with Crippen LogP contribution in [-0.2, 0) is 6.42 Å². The normalized spacial score (nSPS) is 14.1. The fourth-order valence-electron chi connectivity index (χ4n) is 2.99. The number of ketones is 1. The molecular weight excluding hydrogens is 268 g/mol. The number of nitro benzene ring substituents is 1. The molecule has 3 rings (SSSR count). The molecule has 0 fully saturated rings. The Morgan fingerprint density at radius 3 is 2.67 bits per heavy atom. The van der Waals surface area contributed by atoms with Crippen molar-refractivity contribution in [2.75, 3.05) is 0 Å². The van der Waals surface area contributed by atoms with Crippen molar-refractivity contribution in [3.05, 3.63) is 56.9 Å². The quantitative estimate of drug-likeness (QED) is 0.626. The molecule has 0 unspecified atom stereocenters. The van der Waals surface area contributed by atoms with Crippen molar-refractivity contribution < 1.29 is 9.72 Å². The van der Waals surface area contributed by atoms with E-state index in [2.05, 4.69) is 0 Å². The van der Waals surface area contributed by atoms with E-state index in [1.807, 2.05) is 29.8 Å². The van der Waals surface area contributed by atoms with Gasteiger partial charge in [0.1, 0.15) is 0 Å². The van der Waals surface area contributed by atoms with E-state index in [0.717, 1.165) is 35.3 Å². The van der Waals surface area contributed by atoms with Crippen molar-refractivity contribution in [2.24, 2.45) is 0 Å². The van der Waals surface area contributed by atoms with E-state index in [-0.39, 0.29) is 16.4 Å². The SMILES string of the molecule is Cc1cc([N+](=O)[O-])c(C)cc1-n1ccc2c1CCCC2=O. The first-order chi connectivity index (χ1) is 9.99. The Morgan fingerprint density at radius 1 is 1.19 bits per heavy atom. The average molecular weight is 284 g/mol. The number of fused-ring (bicyclic) bond motifs is 1. The lowest BCUT2D eigenvalue weighted by Gasteiger charge is -2.17. The van der Waals surface area contributed by atoms with Gasteiger partial charge in [-0.2, -0.15) is 0 Å². The van der Waals surface area contributed by atoms with Crippen LogP contribution in [0.15, 0.2) is 24.4 Å². The highest BCUT2D eigenvalue weighted by molar-refractivity contribution is 5.98. The topological polar surface area (TPSA) is 65.1 Å². The first-order valence-electron chi connectivity index (χ1n) is 6.98. The van der Waals surface area contributed by atoms with E-state index in [9.17, 15) is 14.9 Å². The number of rotatable bonds is 2. The molecule has 108 valence electrons. The smallest absolute Gasteiger partial charge is 0.272 e. The van der Waals surface area contributed by atoms with Gasteiger partial charge in [0.05, 0.1) is 4.92 Å². The van der Waals surface area contributed by atoms with Crippen LogP contribution in [0.25, 0.3) is 5.69 Å². The molecule has 1 heterocycles. The van der Waals surface area contributed by atoms with Crippen molar-refractivity contribution in [3.63, 3.8) is 0 Å². The molecule has 1 aliphatic rings. The molecular formula is C16H16N2O3. The summed E-state index contributed by atoms with van der Waals surface area (Å²) in [5.41, 5.74) is 4.32. The number of aromatic nitrogens is 1. The van der Waals surface area contributed by atoms with Gasteiger partial charge in [0.2, 0.25) is 0 Å². The standard InChI is InChI=1S/C16H16N2O3/c1-10-9-15(18(20)21)11(2)8-14(10)17-7-6-12-13(17)4-3-5-16(12)19/h6-9H,3-5H2,1-2H3. The number of Topliss-reactive ketones (excluding diaryl/α,β-unsaturated/α-hetero) is 1. The largest absolute Gasteiger partial charge is 0.320 e. The minimum absolute atomic E-state index is 0.133. The van der Waals surface area contributed by atoms with E-state index in [1.165, 1.54) is 0 Å². The summed E-state index contributed by atoms with van der Waals surface area (Å²) < 4.78 is 2.00. The van der Waals surface area contributed by atoms with Gasteiger partial charge in [0.15, 0.2) is 5.78 Å². The van der Waals surface area contributed by atoms with Gasteiger partial charge in [0.25, 0.3) is 5.69 Å². The zero-order valence-electron chi connectivity index (χ0n) is 12.0. The van der Waals surface area contributed by atoms with Gasteiger partial charge in [-0.25, -0.2) is 0 Å². The first-order valence-corrected chi connectivity index (χ1v) is 6.98. The summed E-state index contributed by atoms with van der Waals surface area (Å²) in [6.07, 6.45) is 4.22. The summed E-state index contributed by atoms with van der Waals surface area (Å²) in [5, 5.41) is 11.0. The lowest BCUT2D eigenvalue weighted by Crippen LogP contribution is -2.13. The summed E-state index contributed by atoms with van der Waals surface area (Å²) >= 11 is 0. The third-order valence-corrected chi connectivity index (χ3v) is 4.08. The van der Waals surface area contributed by atoms with Crippen molar-refractivity contribution in [1.82, 2.24) is 4.57 Å². The van der Waals surface area contributed by atoms with Crippen LogP contribution in [-0.4, -0.2) is 15.3 Å². The van der Waals surface area contributed by atoms with Gasteiger partial charge < -0.3 is 4.57 Å². The Morgan fingerprint density at radius 2 is 1.95 bits per heavy atom. The minimum atomic E-state index is -0.360. The van der Waals surface area contributed by atoms with E-state index in [4.69, 9.17) is 0 Å². The highest BCUT2D eigenvalue weighted by atomic mass is 16.6. The highest BCUT2D eigenvalue weighted by Gasteiger charge is 2.22. The predicted molar refractivity (Wildman–Crippen MR) is 79.2 cm³/mol. The summed E-state index contributed by atoms with van der Waals surface area (Å²) in [4.78, 5) is 22.6. The molecule has 0 amide bonds. The number of nitro groups is 1. The maximum Gasteiger partial charge on any atom is 0.272 e. The molecule has 5 nitrogen and oxygen atoms in total. The molecule has 5 heteroatoms. The average Bonchev–Trinajstić information content (AvgIpc) is 2.86. The summed E-state index contributed by atoms with van der Waals surface area (Å²) in [7, 11) is 0. The predicted octanol–water partition coefficient (Wildman–Crippen LogP) is 3.52. The number of benzene rings is 1. The Bertz CT molecular complexity index is 759. The lowest BCUT2D eigenvalue weighted by atomic mass is 9.96. The molecule has 1 aromatic carbocycles. The van der Waals surface area contributed by atoms with Gasteiger partial charge in [-0.15, -0.1) is 0 Å². The molecule has 0 radical (unpaired) electrons. The minimum Gasteiger partial charge on any atom is -0.320 e. The zero-order chi connectivity index (χ0) is 15.1. The van der Waals surface area contributed by atoms with Gasteiger partial charge in [-0.1, -0.05) is 0 Å². The van der Waals surface area contributed by atoms with E-state index < -0.39 is 0 Å². The monoisotopic (exact) mass is 284 g/mol. The zero-order valence-corrected chi connectivity index (χ0v) is 12.0. The van der Waals surface area contributed by atoms with Crippen LogP contribution in [0.3, 0.4) is 0 Å². The van der Waals surface area contributed by atoms with E-state index >= 15 is 0 Å². The molecule has 0 bridgehead atoms. The van der Waals surface area contributed by atoms with Gasteiger partial charge in [0, 0.05) is 41.2 Å². The third kappa shape index (κ3) is 2.14. The van der Waals surface area contributed by atoms with Crippen LogP contribution < -0.4 is 0 Å². The number of aryl methyl sites for hydroxylation is 2. The van der Waals surface area contributed by atoms with Gasteiger partial charge >= 0.3 is 0 Å². The number of hydrogen-bond acceptors (Lipinski definition) is 3. The van der Waals surface area contributed by atoms with Crippen LogP contribution in [0.2, 0.25) is 0 Å². The molecule has 0 N–H and O–H groups in total. The van der Waals surface area contributed by atoms with E-state index in [0.29, 0.717) is 12.0 Å². The van der Waals surface area contributed by atoms with Crippen LogP contribution in [0, 0.1) is 24.0 Å². The second kappa shape index (κ2) is 4.84. The maximum atomic E-state index is 11.9. The molecule has 0 aliphatic heterocycles. The lowest BCUT2D eigenvalue weighted by molar-refractivity contribution is -0.385. The number of hydrogen-bond donors (Lipinski definition) is 0. The fraction of sp³-hybridized carbons (Fsp3) is 0.312. The summed E-state index contributed by atoms with van der Waals surface area (Å²) in [6.45, 7) is 3.60. The molecule has 1 aliphatic carbocycles. The number of nitrogens with zero attached hydrogens (tertiary/aromatic N) is 2. The second-order valence-electron chi connectivity index (χ2n) is 5.51.